The fourth-order valence-corrected chi connectivity index (χ4v) is 4.91. The minimum absolute atomic E-state index is 0.194. The van der Waals surface area contributed by atoms with Gasteiger partial charge in [-0.2, -0.15) is 0 Å². The SMILES string of the molecule is Cc1ccc(C(N)CC2CC3CCC2C3)c2ccccc12. The predicted octanol–water partition coefficient (Wildman–Crippen LogP) is 4.97. The first-order chi connectivity index (χ1) is 10.2. The van der Waals surface area contributed by atoms with Crippen LogP contribution in [0.4, 0.5) is 0 Å². The van der Waals surface area contributed by atoms with Gasteiger partial charge in [0.2, 0.25) is 0 Å². The van der Waals surface area contributed by atoms with Gasteiger partial charge < -0.3 is 5.73 Å². The minimum atomic E-state index is 0.194. The van der Waals surface area contributed by atoms with E-state index in [1.807, 2.05) is 0 Å². The molecule has 1 heteroatoms. The summed E-state index contributed by atoms with van der Waals surface area (Å²) in [5.74, 6) is 2.86. The number of hydrogen-bond donors (Lipinski definition) is 1. The first-order valence-electron chi connectivity index (χ1n) is 8.46. The fraction of sp³-hybridized carbons (Fsp3) is 0.500. The van der Waals surface area contributed by atoms with E-state index in [0.717, 1.165) is 17.8 Å². The second kappa shape index (κ2) is 5.14. The molecule has 2 aromatic rings. The van der Waals surface area contributed by atoms with E-state index < -0.39 is 0 Å². The molecule has 0 heterocycles. The summed E-state index contributed by atoms with van der Waals surface area (Å²) in [6.07, 6.45) is 7.02. The molecule has 21 heavy (non-hydrogen) atoms. The van der Waals surface area contributed by atoms with Crippen molar-refractivity contribution in [2.24, 2.45) is 23.5 Å². The summed E-state index contributed by atoms with van der Waals surface area (Å²) in [6, 6.07) is 13.4. The third-order valence-corrected chi connectivity index (χ3v) is 6.02. The third kappa shape index (κ3) is 2.28. The van der Waals surface area contributed by atoms with Gasteiger partial charge in [0.15, 0.2) is 0 Å². The van der Waals surface area contributed by atoms with E-state index in [-0.39, 0.29) is 6.04 Å². The normalized spacial score (nSPS) is 29.1. The first-order valence-corrected chi connectivity index (χ1v) is 8.46. The zero-order valence-electron chi connectivity index (χ0n) is 12.9. The van der Waals surface area contributed by atoms with Gasteiger partial charge >= 0.3 is 0 Å². The Bertz CT molecular complexity index is 660. The molecule has 1 nitrogen and oxygen atoms in total. The van der Waals surface area contributed by atoms with Crippen molar-refractivity contribution in [2.75, 3.05) is 0 Å². The van der Waals surface area contributed by atoms with Gasteiger partial charge in [-0.25, -0.2) is 0 Å². The summed E-state index contributed by atoms with van der Waals surface area (Å²) in [4.78, 5) is 0. The van der Waals surface area contributed by atoms with Crippen LogP contribution in [0.15, 0.2) is 36.4 Å². The lowest BCUT2D eigenvalue weighted by Gasteiger charge is -2.25. The lowest BCUT2D eigenvalue weighted by Crippen LogP contribution is -2.19. The summed E-state index contributed by atoms with van der Waals surface area (Å²) < 4.78 is 0. The predicted molar refractivity (Wildman–Crippen MR) is 89.2 cm³/mol. The van der Waals surface area contributed by atoms with E-state index >= 15 is 0 Å². The Morgan fingerprint density at radius 2 is 1.86 bits per heavy atom. The Morgan fingerprint density at radius 1 is 1.05 bits per heavy atom. The molecule has 2 fully saturated rings. The highest BCUT2D eigenvalue weighted by Crippen LogP contribution is 2.50. The van der Waals surface area contributed by atoms with Crippen LogP contribution in [0.5, 0.6) is 0 Å². The standard InChI is InChI=1S/C20H25N/c1-13-6-9-19(18-5-3-2-4-17(13)18)20(21)12-16-11-14-7-8-15(16)10-14/h2-6,9,14-16,20H,7-8,10-12,21H2,1H3. The van der Waals surface area contributed by atoms with Crippen molar-refractivity contribution in [3.63, 3.8) is 0 Å². The van der Waals surface area contributed by atoms with E-state index in [4.69, 9.17) is 5.73 Å². The van der Waals surface area contributed by atoms with Crippen molar-refractivity contribution >= 4 is 10.8 Å². The van der Waals surface area contributed by atoms with Crippen LogP contribution >= 0.6 is 0 Å². The quantitative estimate of drug-likeness (QED) is 0.843. The Labute approximate surface area is 127 Å². The van der Waals surface area contributed by atoms with Crippen LogP contribution in [0.2, 0.25) is 0 Å². The van der Waals surface area contributed by atoms with Crippen molar-refractivity contribution in [1.82, 2.24) is 0 Å². The maximum Gasteiger partial charge on any atom is 0.0303 e. The van der Waals surface area contributed by atoms with Crippen molar-refractivity contribution in [3.05, 3.63) is 47.5 Å². The van der Waals surface area contributed by atoms with Crippen molar-refractivity contribution in [3.8, 4) is 0 Å². The third-order valence-electron chi connectivity index (χ3n) is 6.02. The molecular formula is C20H25N. The molecule has 4 atom stereocenters. The number of nitrogens with two attached hydrogens (primary N) is 1. The first kappa shape index (κ1) is 13.3. The molecule has 4 unspecified atom stereocenters. The van der Waals surface area contributed by atoms with Crippen LogP contribution < -0.4 is 5.73 Å². The van der Waals surface area contributed by atoms with Crippen LogP contribution in [-0.4, -0.2) is 0 Å². The molecule has 2 bridgehead atoms. The second-order valence-electron chi connectivity index (χ2n) is 7.29. The maximum atomic E-state index is 6.62. The van der Waals surface area contributed by atoms with E-state index in [1.165, 1.54) is 54.0 Å². The summed E-state index contributed by atoms with van der Waals surface area (Å²) in [5, 5.41) is 2.71. The molecule has 0 radical (unpaired) electrons. The Kier molecular flexibility index (Phi) is 3.26. The summed E-state index contributed by atoms with van der Waals surface area (Å²) >= 11 is 0. The molecule has 4 rings (SSSR count). The molecule has 110 valence electrons. The highest BCUT2D eigenvalue weighted by Gasteiger charge is 2.39. The topological polar surface area (TPSA) is 26.0 Å². The number of hydrogen-bond acceptors (Lipinski definition) is 1. The Morgan fingerprint density at radius 3 is 2.57 bits per heavy atom. The minimum Gasteiger partial charge on any atom is -0.324 e. The van der Waals surface area contributed by atoms with Gasteiger partial charge in [0.25, 0.3) is 0 Å². The molecule has 0 spiro atoms. The smallest absolute Gasteiger partial charge is 0.0303 e. The molecule has 2 saturated carbocycles. The molecular weight excluding hydrogens is 254 g/mol. The van der Waals surface area contributed by atoms with E-state index in [9.17, 15) is 0 Å². The number of aryl methyl sites for hydroxylation is 1. The van der Waals surface area contributed by atoms with Crippen LogP contribution in [0, 0.1) is 24.7 Å². The zero-order valence-corrected chi connectivity index (χ0v) is 12.9. The van der Waals surface area contributed by atoms with E-state index in [1.54, 1.807) is 0 Å². The second-order valence-corrected chi connectivity index (χ2v) is 7.29. The van der Waals surface area contributed by atoms with Gasteiger partial charge in [-0.15, -0.1) is 0 Å². The highest BCUT2D eigenvalue weighted by atomic mass is 14.6. The molecule has 2 aromatic carbocycles. The zero-order chi connectivity index (χ0) is 14.4. The van der Waals surface area contributed by atoms with E-state index in [0.29, 0.717) is 0 Å². The van der Waals surface area contributed by atoms with Crippen LogP contribution in [0.1, 0.15) is 49.3 Å². The van der Waals surface area contributed by atoms with Crippen molar-refractivity contribution in [2.45, 2.75) is 45.1 Å². The molecule has 2 aliphatic rings. The van der Waals surface area contributed by atoms with Gasteiger partial charge in [-0.05, 0) is 72.3 Å². The molecule has 0 aliphatic heterocycles. The molecule has 0 aromatic heterocycles. The van der Waals surface area contributed by atoms with Crippen molar-refractivity contribution in [1.29, 1.82) is 0 Å². The largest absolute Gasteiger partial charge is 0.324 e. The monoisotopic (exact) mass is 279 g/mol. The lowest BCUT2D eigenvalue weighted by atomic mass is 9.82. The molecule has 2 N–H and O–H groups in total. The van der Waals surface area contributed by atoms with Crippen molar-refractivity contribution < 1.29 is 0 Å². The number of fused-ring (bicyclic) bond motifs is 3. The van der Waals surface area contributed by atoms with Gasteiger partial charge in [-0.3, -0.25) is 0 Å². The Balaban J connectivity index is 1.62. The van der Waals surface area contributed by atoms with Crippen LogP contribution in [0.25, 0.3) is 10.8 Å². The fourth-order valence-electron chi connectivity index (χ4n) is 4.91. The molecule has 0 saturated heterocycles. The van der Waals surface area contributed by atoms with Gasteiger partial charge in [-0.1, -0.05) is 42.8 Å². The molecule has 2 aliphatic carbocycles. The maximum absolute atomic E-state index is 6.62. The average Bonchev–Trinajstić information content (AvgIpc) is 3.10. The van der Waals surface area contributed by atoms with E-state index in [2.05, 4.69) is 43.3 Å². The van der Waals surface area contributed by atoms with Gasteiger partial charge in [0, 0.05) is 6.04 Å². The highest BCUT2D eigenvalue weighted by molar-refractivity contribution is 5.88. The Hall–Kier alpha value is -1.34. The average molecular weight is 279 g/mol. The summed E-state index contributed by atoms with van der Waals surface area (Å²) in [6.45, 7) is 2.19. The number of benzene rings is 2. The van der Waals surface area contributed by atoms with Crippen LogP contribution in [-0.2, 0) is 0 Å². The summed E-state index contributed by atoms with van der Waals surface area (Å²) in [5.41, 5.74) is 9.32. The number of rotatable bonds is 3. The van der Waals surface area contributed by atoms with Crippen LogP contribution in [0.3, 0.4) is 0 Å². The summed E-state index contributed by atoms with van der Waals surface area (Å²) in [7, 11) is 0. The molecule has 0 amide bonds. The van der Waals surface area contributed by atoms with Gasteiger partial charge in [0.05, 0.1) is 0 Å². The van der Waals surface area contributed by atoms with Gasteiger partial charge in [0.1, 0.15) is 0 Å². The lowest BCUT2D eigenvalue weighted by molar-refractivity contribution is 0.296.